The van der Waals surface area contributed by atoms with E-state index in [4.69, 9.17) is 16.3 Å². The standard InChI is InChI=1S/C11H13ClO2/c1-4-14-11-7(2)5-9(8(3)13)6-10(11)12/h5-6H,4H2,1-3H3. The maximum atomic E-state index is 11.1. The molecule has 1 rings (SSSR count). The maximum Gasteiger partial charge on any atom is 0.159 e. The number of ether oxygens (including phenoxy) is 1. The van der Waals surface area contributed by atoms with Gasteiger partial charge in [0.1, 0.15) is 5.75 Å². The van der Waals surface area contributed by atoms with Gasteiger partial charge in [-0.2, -0.15) is 0 Å². The first-order valence-electron chi connectivity index (χ1n) is 4.50. The summed E-state index contributed by atoms with van der Waals surface area (Å²) in [6, 6.07) is 3.43. The van der Waals surface area contributed by atoms with Crippen molar-refractivity contribution in [3.63, 3.8) is 0 Å². The predicted molar refractivity (Wildman–Crippen MR) is 57.4 cm³/mol. The highest BCUT2D eigenvalue weighted by Gasteiger charge is 2.09. The average molecular weight is 213 g/mol. The largest absolute Gasteiger partial charge is 0.492 e. The molecule has 0 saturated heterocycles. The summed E-state index contributed by atoms with van der Waals surface area (Å²) in [5, 5.41) is 0.497. The zero-order chi connectivity index (χ0) is 10.7. The third-order valence-corrected chi connectivity index (χ3v) is 2.21. The Morgan fingerprint density at radius 3 is 2.57 bits per heavy atom. The van der Waals surface area contributed by atoms with Gasteiger partial charge in [0.25, 0.3) is 0 Å². The molecule has 1 aromatic carbocycles. The first kappa shape index (κ1) is 11.1. The van der Waals surface area contributed by atoms with Crippen LogP contribution in [0, 0.1) is 6.92 Å². The zero-order valence-electron chi connectivity index (χ0n) is 8.56. The normalized spacial score (nSPS) is 10.0. The molecule has 2 nitrogen and oxygen atoms in total. The summed E-state index contributed by atoms with van der Waals surface area (Å²) in [5.74, 6) is 0.678. The van der Waals surface area contributed by atoms with E-state index in [1.807, 2.05) is 13.8 Å². The minimum absolute atomic E-state index is 0.0121. The summed E-state index contributed by atoms with van der Waals surface area (Å²) >= 11 is 5.98. The van der Waals surface area contributed by atoms with E-state index in [0.29, 0.717) is 22.9 Å². The van der Waals surface area contributed by atoms with Gasteiger partial charge in [-0.05, 0) is 38.5 Å². The third kappa shape index (κ3) is 2.26. The molecule has 0 unspecified atom stereocenters. The van der Waals surface area contributed by atoms with E-state index in [1.165, 1.54) is 6.92 Å². The van der Waals surface area contributed by atoms with E-state index in [9.17, 15) is 4.79 Å². The lowest BCUT2D eigenvalue weighted by atomic mass is 10.1. The molecule has 0 N–H and O–H groups in total. The van der Waals surface area contributed by atoms with Crippen LogP contribution in [0.3, 0.4) is 0 Å². The summed E-state index contributed by atoms with van der Waals surface area (Å²) in [6.07, 6.45) is 0. The van der Waals surface area contributed by atoms with Crippen LogP contribution in [0.15, 0.2) is 12.1 Å². The van der Waals surface area contributed by atoms with Crippen LogP contribution >= 0.6 is 11.6 Å². The summed E-state index contributed by atoms with van der Waals surface area (Å²) in [7, 11) is 0. The molecule has 0 aliphatic heterocycles. The summed E-state index contributed by atoms with van der Waals surface area (Å²) < 4.78 is 5.36. The fraction of sp³-hybridized carbons (Fsp3) is 0.364. The molecular weight excluding hydrogens is 200 g/mol. The minimum atomic E-state index is 0.0121. The third-order valence-electron chi connectivity index (χ3n) is 1.92. The van der Waals surface area contributed by atoms with Gasteiger partial charge in [-0.3, -0.25) is 4.79 Å². The van der Waals surface area contributed by atoms with Crippen molar-refractivity contribution in [3.05, 3.63) is 28.3 Å². The lowest BCUT2D eigenvalue weighted by Gasteiger charge is -2.10. The molecule has 0 aromatic heterocycles. The summed E-state index contributed by atoms with van der Waals surface area (Å²) in [6.45, 7) is 5.86. The first-order valence-corrected chi connectivity index (χ1v) is 4.88. The Morgan fingerprint density at radius 2 is 2.14 bits per heavy atom. The second-order valence-corrected chi connectivity index (χ2v) is 3.50. The number of aryl methyl sites for hydroxylation is 1. The minimum Gasteiger partial charge on any atom is -0.492 e. The van der Waals surface area contributed by atoms with Crippen molar-refractivity contribution in [1.29, 1.82) is 0 Å². The van der Waals surface area contributed by atoms with Crippen LogP contribution in [-0.4, -0.2) is 12.4 Å². The number of ketones is 1. The Hall–Kier alpha value is -1.02. The van der Waals surface area contributed by atoms with Crippen LogP contribution < -0.4 is 4.74 Å². The molecule has 0 bridgehead atoms. The van der Waals surface area contributed by atoms with E-state index < -0.39 is 0 Å². The Kier molecular flexibility index (Phi) is 3.53. The lowest BCUT2D eigenvalue weighted by molar-refractivity contribution is 0.101. The van der Waals surface area contributed by atoms with Gasteiger partial charge in [-0.15, -0.1) is 0 Å². The van der Waals surface area contributed by atoms with Gasteiger partial charge in [0, 0.05) is 5.56 Å². The molecule has 0 amide bonds. The van der Waals surface area contributed by atoms with Gasteiger partial charge in [-0.1, -0.05) is 11.6 Å². The molecule has 0 heterocycles. The second kappa shape index (κ2) is 4.47. The van der Waals surface area contributed by atoms with Crippen molar-refractivity contribution < 1.29 is 9.53 Å². The highest BCUT2D eigenvalue weighted by atomic mass is 35.5. The van der Waals surface area contributed by atoms with Crippen molar-refractivity contribution in [2.45, 2.75) is 20.8 Å². The summed E-state index contributed by atoms with van der Waals surface area (Å²) in [4.78, 5) is 11.1. The van der Waals surface area contributed by atoms with Crippen LogP contribution in [-0.2, 0) is 0 Å². The Bertz CT molecular complexity index is 335. The van der Waals surface area contributed by atoms with Gasteiger partial charge in [0.2, 0.25) is 0 Å². The van der Waals surface area contributed by atoms with Gasteiger partial charge in [-0.25, -0.2) is 0 Å². The molecule has 0 radical (unpaired) electrons. The van der Waals surface area contributed by atoms with E-state index in [2.05, 4.69) is 0 Å². The SMILES string of the molecule is CCOc1c(C)cc(C(C)=O)cc1Cl. The molecule has 0 saturated carbocycles. The van der Waals surface area contributed by atoms with Crippen molar-refractivity contribution in [2.75, 3.05) is 6.61 Å². The fourth-order valence-corrected chi connectivity index (χ4v) is 1.58. The highest BCUT2D eigenvalue weighted by Crippen LogP contribution is 2.30. The van der Waals surface area contributed by atoms with Gasteiger partial charge < -0.3 is 4.74 Å². The van der Waals surface area contributed by atoms with E-state index in [1.54, 1.807) is 12.1 Å². The second-order valence-electron chi connectivity index (χ2n) is 3.09. The topological polar surface area (TPSA) is 26.3 Å². The molecule has 14 heavy (non-hydrogen) atoms. The van der Waals surface area contributed by atoms with Crippen LogP contribution in [0.1, 0.15) is 29.8 Å². The summed E-state index contributed by atoms with van der Waals surface area (Å²) in [5.41, 5.74) is 1.51. The van der Waals surface area contributed by atoms with Gasteiger partial charge in [0.15, 0.2) is 5.78 Å². The zero-order valence-corrected chi connectivity index (χ0v) is 9.31. The Labute approximate surface area is 88.8 Å². The lowest BCUT2D eigenvalue weighted by Crippen LogP contribution is -1.98. The average Bonchev–Trinajstić information content (AvgIpc) is 2.10. The number of benzene rings is 1. The van der Waals surface area contributed by atoms with Crippen molar-refractivity contribution in [2.24, 2.45) is 0 Å². The Balaban J connectivity index is 3.18. The Morgan fingerprint density at radius 1 is 1.50 bits per heavy atom. The van der Waals surface area contributed by atoms with Crippen LogP contribution in [0.2, 0.25) is 5.02 Å². The van der Waals surface area contributed by atoms with Crippen molar-refractivity contribution in [3.8, 4) is 5.75 Å². The van der Waals surface area contributed by atoms with E-state index in [0.717, 1.165) is 5.56 Å². The maximum absolute atomic E-state index is 11.1. The number of rotatable bonds is 3. The molecular formula is C11H13ClO2. The van der Waals surface area contributed by atoms with Crippen LogP contribution in [0.5, 0.6) is 5.75 Å². The fourth-order valence-electron chi connectivity index (χ4n) is 1.26. The van der Waals surface area contributed by atoms with Crippen LogP contribution in [0.4, 0.5) is 0 Å². The number of Topliss-reactive ketones (excluding diaryl/α,β-unsaturated/α-hetero) is 1. The molecule has 0 atom stereocenters. The van der Waals surface area contributed by atoms with E-state index in [-0.39, 0.29) is 5.78 Å². The molecule has 0 spiro atoms. The van der Waals surface area contributed by atoms with E-state index >= 15 is 0 Å². The van der Waals surface area contributed by atoms with Gasteiger partial charge >= 0.3 is 0 Å². The molecule has 1 aromatic rings. The first-order chi connectivity index (χ1) is 6.56. The molecule has 3 heteroatoms. The monoisotopic (exact) mass is 212 g/mol. The molecule has 0 aliphatic carbocycles. The number of carbonyl (C=O) groups is 1. The van der Waals surface area contributed by atoms with Crippen molar-refractivity contribution in [1.82, 2.24) is 0 Å². The highest BCUT2D eigenvalue weighted by molar-refractivity contribution is 6.32. The van der Waals surface area contributed by atoms with Gasteiger partial charge in [0.05, 0.1) is 11.6 Å². The number of hydrogen-bond donors (Lipinski definition) is 0. The van der Waals surface area contributed by atoms with Crippen molar-refractivity contribution >= 4 is 17.4 Å². The number of carbonyl (C=O) groups excluding carboxylic acids is 1. The number of halogens is 1. The van der Waals surface area contributed by atoms with Crippen LogP contribution in [0.25, 0.3) is 0 Å². The molecule has 0 fully saturated rings. The molecule has 0 aliphatic rings. The molecule has 76 valence electrons. The number of hydrogen-bond acceptors (Lipinski definition) is 2. The smallest absolute Gasteiger partial charge is 0.159 e. The quantitative estimate of drug-likeness (QED) is 0.719. The predicted octanol–water partition coefficient (Wildman–Crippen LogP) is 3.25.